The number of hydrogen-bond acceptors (Lipinski definition) is 2. The molecule has 2 nitrogen and oxygen atoms in total. The van der Waals surface area contributed by atoms with Crippen LogP contribution in [-0.2, 0) is 16.0 Å². The Morgan fingerprint density at radius 1 is 1.42 bits per heavy atom. The van der Waals surface area contributed by atoms with Crippen molar-refractivity contribution in [2.75, 3.05) is 6.61 Å². The van der Waals surface area contributed by atoms with Crippen LogP contribution in [0.15, 0.2) is 22.7 Å². The van der Waals surface area contributed by atoms with Gasteiger partial charge in [0.2, 0.25) is 0 Å². The lowest BCUT2D eigenvalue weighted by molar-refractivity contribution is -0.142. The summed E-state index contributed by atoms with van der Waals surface area (Å²) in [7, 11) is 0. The van der Waals surface area contributed by atoms with Gasteiger partial charge >= 0.3 is 0 Å². The van der Waals surface area contributed by atoms with Crippen molar-refractivity contribution in [3.05, 3.63) is 34.1 Å². The van der Waals surface area contributed by atoms with Gasteiger partial charge in [0.05, 0.1) is 0 Å². The summed E-state index contributed by atoms with van der Waals surface area (Å²) in [5, 5.41) is 0. The van der Waals surface area contributed by atoms with Crippen LogP contribution in [0.4, 0.5) is 4.39 Å². The van der Waals surface area contributed by atoms with E-state index >= 15 is 0 Å². The first-order chi connectivity index (χ1) is 9.07. The molecule has 4 heteroatoms. The molecule has 0 N–H and O–H groups in total. The predicted octanol–water partition coefficient (Wildman–Crippen LogP) is 4.05. The first-order valence-corrected chi connectivity index (χ1v) is 7.48. The Kier molecular flexibility index (Phi) is 4.74. The van der Waals surface area contributed by atoms with Crippen LogP contribution in [0.3, 0.4) is 0 Å². The van der Waals surface area contributed by atoms with Gasteiger partial charge in [0, 0.05) is 17.5 Å². The van der Waals surface area contributed by atoms with Gasteiger partial charge in [0.15, 0.2) is 5.78 Å². The van der Waals surface area contributed by atoms with Crippen LogP contribution in [0.5, 0.6) is 0 Å². The van der Waals surface area contributed by atoms with Crippen molar-refractivity contribution in [2.24, 2.45) is 0 Å². The molecular weight excluding hydrogens is 311 g/mol. The first kappa shape index (κ1) is 14.7. The van der Waals surface area contributed by atoms with Crippen molar-refractivity contribution in [1.29, 1.82) is 0 Å². The van der Waals surface area contributed by atoms with E-state index in [4.69, 9.17) is 4.74 Å². The lowest BCUT2D eigenvalue weighted by Crippen LogP contribution is -2.40. The SMILES string of the molecule is CCOC1(C(=O)Cc2cc(Br)ccc2F)CCCC1. The Bertz CT molecular complexity index is 467. The van der Waals surface area contributed by atoms with E-state index in [1.165, 1.54) is 6.07 Å². The van der Waals surface area contributed by atoms with Gasteiger partial charge in [-0.05, 0) is 56.4 Å². The third-order valence-electron chi connectivity index (χ3n) is 3.70. The van der Waals surface area contributed by atoms with Crippen molar-refractivity contribution in [3.63, 3.8) is 0 Å². The van der Waals surface area contributed by atoms with Crippen molar-refractivity contribution < 1.29 is 13.9 Å². The molecule has 0 saturated heterocycles. The van der Waals surface area contributed by atoms with E-state index in [0.29, 0.717) is 12.2 Å². The van der Waals surface area contributed by atoms with E-state index in [1.54, 1.807) is 12.1 Å². The van der Waals surface area contributed by atoms with Crippen LogP contribution < -0.4 is 0 Å². The molecule has 0 atom stereocenters. The molecule has 1 fully saturated rings. The van der Waals surface area contributed by atoms with Crippen LogP contribution in [-0.4, -0.2) is 18.0 Å². The number of halogens is 2. The van der Waals surface area contributed by atoms with Crippen molar-refractivity contribution in [2.45, 2.75) is 44.6 Å². The summed E-state index contributed by atoms with van der Waals surface area (Å²) in [4.78, 5) is 12.5. The zero-order valence-corrected chi connectivity index (χ0v) is 12.6. The molecule has 104 valence electrons. The lowest BCUT2D eigenvalue weighted by Gasteiger charge is -2.27. The maximum atomic E-state index is 13.7. The zero-order valence-electron chi connectivity index (χ0n) is 11.0. The summed E-state index contributed by atoms with van der Waals surface area (Å²) in [6.45, 7) is 2.42. The van der Waals surface area contributed by atoms with Gasteiger partial charge in [-0.15, -0.1) is 0 Å². The molecule has 1 aromatic carbocycles. The van der Waals surface area contributed by atoms with Crippen LogP contribution in [0.1, 0.15) is 38.2 Å². The number of ether oxygens (including phenoxy) is 1. The number of carbonyl (C=O) groups is 1. The summed E-state index contributed by atoms with van der Waals surface area (Å²) in [6, 6.07) is 4.69. The fourth-order valence-electron chi connectivity index (χ4n) is 2.74. The summed E-state index contributed by atoms with van der Waals surface area (Å²) < 4.78 is 20.2. The number of Topliss-reactive ketones (excluding diaryl/α,β-unsaturated/α-hetero) is 1. The monoisotopic (exact) mass is 328 g/mol. The standard InChI is InChI=1S/C15H18BrFO2/c1-2-19-15(7-3-4-8-15)14(18)10-11-9-12(16)5-6-13(11)17/h5-6,9H,2-4,7-8,10H2,1H3. The Hall–Kier alpha value is -0.740. The van der Waals surface area contributed by atoms with E-state index < -0.39 is 5.60 Å². The molecule has 0 unspecified atom stereocenters. The molecule has 2 rings (SSSR count). The smallest absolute Gasteiger partial charge is 0.169 e. The van der Waals surface area contributed by atoms with E-state index in [-0.39, 0.29) is 18.0 Å². The first-order valence-electron chi connectivity index (χ1n) is 6.68. The third-order valence-corrected chi connectivity index (χ3v) is 4.19. The fraction of sp³-hybridized carbons (Fsp3) is 0.533. The minimum atomic E-state index is -0.677. The van der Waals surface area contributed by atoms with Crippen molar-refractivity contribution in [3.8, 4) is 0 Å². The van der Waals surface area contributed by atoms with Crippen molar-refractivity contribution >= 4 is 21.7 Å². The molecule has 0 amide bonds. The van der Waals surface area contributed by atoms with Gasteiger partial charge in [-0.25, -0.2) is 4.39 Å². The average Bonchev–Trinajstić information content (AvgIpc) is 2.84. The summed E-state index contributed by atoms with van der Waals surface area (Å²) >= 11 is 3.30. The molecule has 1 aliphatic carbocycles. The normalized spacial score (nSPS) is 17.6. The van der Waals surface area contributed by atoms with Crippen molar-refractivity contribution in [1.82, 2.24) is 0 Å². The molecule has 0 aliphatic heterocycles. The zero-order chi connectivity index (χ0) is 13.9. The predicted molar refractivity (Wildman–Crippen MR) is 75.6 cm³/mol. The van der Waals surface area contributed by atoms with Gasteiger partial charge in [0.1, 0.15) is 11.4 Å². The van der Waals surface area contributed by atoms with Crippen LogP contribution in [0, 0.1) is 5.82 Å². The molecular formula is C15H18BrFO2. The van der Waals surface area contributed by atoms with Gasteiger partial charge in [-0.1, -0.05) is 15.9 Å². The summed E-state index contributed by atoms with van der Waals surface area (Å²) in [5.41, 5.74) is -0.242. The molecule has 0 spiro atoms. The number of benzene rings is 1. The van der Waals surface area contributed by atoms with Gasteiger partial charge < -0.3 is 4.74 Å². The molecule has 19 heavy (non-hydrogen) atoms. The second-order valence-corrected chi connectivity index (χ2v) is 5.89. The highest BCUT2D eigenvalue weighted by Crippen LogP contribution is 2.35. The highest BCUT2D eigenvalue weighted by Gasteiger charge is 2.41. The number of carbonyl (C=O) groups excluding carboxylic acids is 1. The van der Waals surface area contributed by atoms with E-state index in [0.717, 1.165) is 30.2 Å². The molecule has 1 saturated carbocycles. The number of ketones is 1. The van der Waals surface area contributed by atoms with Crippen LogP contribution in [0.2, 0.25) is 0 Å². The highest BCUT2D eigenvalue weighted by molar-refractivity contribution is 9.10. The van der Waals surface area contributed by atoms with Gasteiger partial charge in [0.25, 0.3) is 0 Å². The van der Waals surface area contributed by atoms with E-state index in [2.05, 4.69) is 15.9 Å². The maximum Gasteiger partial charge on any atom is 0.169 e. The highest BCUT2D eigenvalue weighted by atomic mass is 79.9. The Balaban J connectivity index is 2.17. The largest absolute Gasteiger partial charge is 0.367 e. The molecule has 0 radical (unpaired) electrons. The molecule has 0 bridgehead atoms. The fourth-order valence-corrected chi connectivity index (χ4v) is 3.15. The van der Waals surface area contributed by atoms with E-state index in [1.807, 2.05) is 6.92 Å². The average molecular weight is 329 g/mol. The third kappa shape index (κ3) is 3.23. The minimum absolute atomic E-state index is 0.00356. The van der Waals surface area contributed by atoms with Gasteiger partial charge in [-0.3, -0.25) is 4.79 Å². The summed E-state index contributed by atoms with van der Waals surface area (Å²) in [6.07, 6.45) is 3.63. The Labute approximate surface area is 121 Å². The lowest BCUT2D eigenvalue weighted by atomic mass is 9.91. The van der Waals surface area contributed by atoms with Crippen LogP contribution in [0.25, 0.3) is 0 Å². The molecule has 1 aromatic rings. The quantitative estimate of drug-likeness (QED) is 0.815. The summed E-state index contributed by atoms with van der Waals surface area (Å²) in [5.74, 6) is -0.329. The Morgan fingerprint density at radius 3 is 2.74 bits per heavy atom. The van der Waals surface area contributed by atoms with Gasteiger partial charge in [-0.2, -0.15) is 0 Å². The van der Waals surface area contributed by atoms with Crippen LogP contribution >= 0.6 is 15.9 Å². The van der Waals surface area contributed by atoms with E-state index in [9.17, 15) is 9.18 Å². The molecule has 0 aromatic heterocycles. The Morgan fingerprint density at radius 2 is 2.11 bits per heavy atom. The topological polar surface area (TPSA) is 26.3 Å². The second kappa shape index (κ2) is 6.14. The number of hydrogen-bond donors (Lipinski definition) is 0. The second-order valence-electron chi connectivity index (χ2n) is 4.97. The molecule has 1 aliphatic rings. The maximum absolute atomic E-state index is 13.7. The minimum Gasteiger partial charge on any atom is -0.367 e. The molecule has 0 heterocycles. The number of rotatable bonds is 5.